The van der Waals surface area contributed by atoms with Crippen molar-refractivity contribution < 1.29 is 18.4 Å². The summed E-state index contributed by atoms with van der Waals surface area (Å²) in [5.74, 6) is -1.08. The molecule has 0 fully saturated rings. The maximum absolute atomic E-state index is 13.6. The first kappa shape index (κ1) is 24.8. The molecule has 0 radical (unpaired) electrons. The zero-order valence-electron chi connectivity index (χ0n) is 21.1. The Bertz CT molecular complexity index is 1850. The van der Waals surface area contributed by atoms with E-state index in [0.29, 0.717) is 39.0 Å². The highest BCUT2D eigenvalue weighted by Gasteiger charge is 2.23. The SMILES string of the molecule is O=C(C=Cc1cn(-c2ccccc2)nc1-c1ccc(F)cc1)Nc1c(C(=O)c2ccccc2)oc2ccccc12. The summed E-state index contributed by atoms with van der Waals surface area (Å²) in [7, 11) is 0. The van der Waals surface area contributed by atoms with Crippen LogP contribution in [0.3, 0.4) is 0 Å². The molecule has 6 rings (SSSR count). The number of carbonyl (C=O) groups excluding carboxylic acids is 2. The number of halogens is 1. The van der Waals surface area contributed by atoms with E-state index in [4.69, 9.17) is 9.52 Å². The molecular formula is C33H22FN3O3. The number of ketones is 1. The molecule has 0 saturated carbocycles. The normalized spacial score (nSPS) is 11.2. The van der Waals surface area contributed by atoms with Crippen LogP contribution in [0.1, 0.15) is 21.7 Å². The van der Waals surface area contributed by atoms with Crippen LogP contribution in [0.15, 0.2) is 126 Å². The molecule has 0 aliphatic heterocycles. The zero-order valence-corrected chi connectivity index (χ0v) is 21.1. The van der Waals surface area contributed by atoms with E-state index in [-0.39, 0.29) is 17.4 Å². The second-order valence-electron chi connectivity index (χ2n) is 9.04. The molecule has 0 unspecified atom stereocenters. The van der Waals surface area contributed by atoms with E-state index in [1.807, 2.05) is 42.5 Å². The predicted octanol–water partition coefficient (Wildman–Crippen LogP) is 7.31. The molecule has 1 amide bonds. The van der Waals surface area contributed by atoms with Crippen molar-refractivity contribution in [1.82, 2.24) is 9.78 Å². The minimum atomic E-state index is -0.453. The number of anilines is 1. The second-order valence-corrected chi connectivity index (χ2v) is 9.04. The summed E-state index contributed by atoms with van der Waals surface area (Å²) in [5.41, 5.74) is 4.02. The summed E-state index contributed by atoms with van der Waals surface area (Å²) >= 11 is 0. The quantitative estimate of drug-likeness (QED) is 0.174. The number of hydrogen-bond donors (Lipinski definition) is 1. The Morgan fingerprint density at radius 1 is 0.825 bits per heavy atom. The summed E-state index contributed by atoms with van der Waals surface area (Å²) < 4.78 is 21.2. The van der Waals surface area contributed by atoms with Gasteiger partial charge in [0, 0.05) is 34.3 Å². The summed E-state index contributed by atoms with van der Waals surface area (Å²) in [6.45, 7) is 0. The highest BCUT2D eigenvalue weighted by molar-refractivity contribution is 6.18. The van der Waals surface area contributed by atoms with Crippen molar-refractivity contribution in [3.63, 3.8) is 0 Å². The van der Waals surface area contributed by atoms with Crippen molar-refractivity contribution in [3.05, 3.63) is 144 Å². The molecule has 0 spiro atoms. The third kappa shape index (κ3) is 4.96. The lowest BCUT2D eigenvalue weighted by atomic mass is 10.1. The van der Waals surface area contributed by atoms with Gasteiger partial charge in [-0.05, 0) is 54.6 Å². The van der Waals surface area contributed by atoms with Gasteiger partial charge in [-0.3, -0.25) is 9.59 Å². The second kappa shape index (κ2) is 10.7. The fraction of sp³-hybridized carbons (Fsp3) is 0. The van der Waals surface area contributed by atoms with Crippen LogP contribution >= 0.6 is 0 Å². The van der Waals surface area contributed by atoms with Crippen LogP contribution < -0.4 is 5.32 Å². The van der Waals surface area contributed by atoms with E-state index < -0.39 is 5.91 Å². The number of amides is 1. The summed E-state index contributed by atoms with van der Waals surface area (Å²) in [6, 6.07) is 31.5. The van der Waals surface area contributed by atoms with Gasteiger partial charge in [0.15, 0.2) is 5.76 Å². The number of furan rings is 1. The van der Waals surface area contributed by atoms with Crippen molar-refractivity contribution >= 4 is 34.4 Å². The fourth-order valence-electron chi connectivity index (χ4n) is 4.43. The van der Waals surface area contributed by atoms with E-state index in [2.05, 4.69) is 5.32 Å². The predicted molar refractivity (Wildman–Crippen MR) is 153 cm³/mol. The van der Waals surface area contributed by atoms with E-state index in [1.165, 1.54) is 18.2 Å². The molecule has 0 atom stereocenters. The van der Waals surface area contributed by atoms with Crippen LogP contribution in [0.25, 0.3) is 34.0 Å². The van der Waals surface area contributed by atoms with Crippen molar-refractivity contribution in [2.45, 2.75) is 0 Å². The van der Waals surface area contributed by atoms with E-state index in [1.54, 1.807) is 71.6 Å². The number of nitrogens with zero attached hydrogens (tertiary/aromatic N) is 2. The van der Waals surface area contributed by atoms with Crippen molar-refractivity contribution in [2.75, 3.05) is 5.32 Å². The van der Waals surface area contributed by atoms with Gasteiger partial charge in [-0.15, -0.1) is 0 Å². The number of para-hydroxylation sites is 2. The number of rotatable bonds is 7. The molecular weight excluding hydrogens is 505 g/mol. The molecule has 6 nitrogen and oxygen atoms in total. The Kier molecular flexibility index (Phi) is 6.60. The summed E-state index contributed by atoms with van der Waals surface area (Å²) in [4.78, 5) is 26.4. The highest BCUT2D eigenvalue weighted by atomic mass is 19.1. The molecule has 0 saturated heterocycles. The maximum atomic E-state index is 13.6. The number of aromatic nitrogens is 2. The van der Waals surface area contributed by atoms with Gasteiger partial charge in [-0.25, -0.2) is 9.07 Å². The van der Waals surface area contributed by atoms with E-state index in [0.717, 1.165) is 5.69 Å². The van der Waals surface area contributed by atoms with Gasteiger partial charge in [-0.2, -0.15) is 5.10 Å². The first-order valence-corrected chi connectivity index (χ1v) is 12.6. The molecule has 7 heteroatoms. The fourth-order valence-corrected chi connectivity index (χ4v) is 4.43. The van der Waals surface area contributed by atoms with Crippen molar-refractivity contribution in [3.8, 4) is 16.9 Å². The monoisotopic (exact) mass is 527 g/mol. The van der Waals surface area contributed by atoms with Gasteiger partial charge < -0.3 is 9.73 Å². The summed E-state index contributed by atoms with van der Waals surface area (Å²) in [6.07, 6.45) is 4.81. The third-order valence-corrected chi connectivity index (χ3v) is 6.38. The Morgan fingerprint density at radius 3 is 2.25 bits per heavy atom. The summed E-state index contributed by atoms with van der Waals surface area (Å²) in [5, 5.41) is 8.16. The minimum absolute atomic E-state index is 0.0537. The molecule has 40 heavy (non-hydrogen) atoms. The average Bonchev–Trinajstić information content (AvgIpc) is 3.59. The van der Waals surface area contributed by atoms with Crippen molar-refractivity contribution in [2.24, 2.45) is 0 Å². The number of fused-ring (bicyclic) bond motifs is 1. The first-order valence-electron chi connectivity index (χ1n) is 12.6. The molecule has 2 aromatic heterocycles. The molecule has 4 aromatic carbocycles. The third-order valence-electron chi connectivity index (χ3n) is 6.38. The lowest BCUT2D eigenvalue weighted by Crippen LogP contribution is -2.11. The topological polar surface area (TPSA) is 77.1 Å². The van der Waals surface area contributed by atoms with Crippen LogP contribution in [0, 0.1) is 5.82 Å². The van der Waals surface area contributed by atoms with E-state index in [9.17, 15) is 14.0 Å². The van der Waals surface area contributed by atoms with Gasteiger partial charge in [0.05, 0.1) is 17.1 Å². The number of hydrogen-bond acceptors (Lipinski definition) is 4. The minimum Gasteiger partial charge on any atom is -0.450 e. The Morgan fingerprint density at radius 2 is 1.50 bits per heavy atom. The smallest absolute Gasteiger partial charge is 0.248 e. The standard InChI is InChI=1S/C33H22FN3O3/c34-25-18-15-22(16-19-25)30-24(21-37(36-30)26-11-5-2-6-12-26)17-20-29(38)35-31-27-13-7-8-14-28(27)40-33(31)32(39)23-9-3-1-4-10-23/h1-21H,(H,35,38). The largest absolute Gasteiger partial charge is 0.450 e. The van der Waals surface area contributed by atoms with Crippen molar-refractivity contribution in [1.29, 1.82) is 0 Å². The number of carbonyl (C=O) groups is 2. The molecule has 0 bridgehead atoms. The average molecular weight is 528 g/mol. The molecule has 2 heterocycles. The van der Waals surface area contributed by atoms with Gasteiger partial charge in [-0.1, -0.05) is 60.7 Å². The molecule has 6 aromatic rings. The van der Waals surface area contributed by atoms with Crippen LogP contribution in [-0.4, -0.2) is 21.5 Å². The number of nitrogens with one attached hydrogen (secondary N) is 1. The lowest BCUT2D eigenvalue weighted by molar-refractivity contribution is -0.111. The molecule has 0 aliphatic carbocycles. The maximum Gasteiger partial charge on any atom is 0.248 e. The lowest BCUT2D eigenvalue weighted by Gasteiger charge is -2.04. The first-order chi connectivity index (χ1) is 19.6. The van der Waals surface area contributed by atoms with Crippen LogP contribution in [0.5, 0.6) is 0 Å². The van der Waals surface area contributed by atoms with Gasteiger partial charge >= 0.3 is 0 Å². The Hall–Kier alpha value is -5.56. The molecule has 1 N–H and O–H groups in total. The zero-order chi connectivity index (χ0) is 27.5. The van der Waals surface area contributed by atoms with Gasteiger partial charge in [0.2, 0.25) is 11.7 Å². The van der Waals surface area contributed by atoms with Crippen LogP contribution in [0.4, 0.5) is 10.1 Å². The van der Waals surface area contributed by atoms with E-state index >= 15 is 0 Å². The highest BCUT2D eigenvalue weighted by Crippen LogP contribution is 2.33. The molecule has 194 valence electrons. The van der Waals surface area contributed by atoms with Gasteiger partial charge in [0.25, 0.3) is 0 Å². The van der Waals surface area contributed by atoms with Crippen LogP contribution in [-0.2, 0) is 4.79 Å². The Labute approximate surface area is 229 Å². The number of benzene rings is 4. The van der Waals surface area contributed by atoms with Crippen LogP contribution in [0.2, 0.25) is 0 Å². The molecule has 0 aliphatic rings. The van der Waals surface area contributed by atoms with Gasteiger partial charge in [0.1, 0.15) is 11.4 Å². The Balaban J connectivity index is 1.34.